The summed E-state index contributed by atoms with van der Waals surface area (Å²) in [6.07, 6.45) is 1.88. The maximum atomic E-state index is 10.8. The molecule has 3 rings (SSSR count). The van der Waals surface area contributed by atoms with Gasteiger partial charge in [0.05, 0.1) is 5.52 Å². The van der Waals surface area contributed by atoms with Gasteiger partial charge in [-0.2, -0.15) is 0 Å². The van der Waals surface area contributed by atoms with E-state index in [1.165, 1.54) is 11.3 Å². The number of halogens is 1. The Balaban J connectivity index is 2.40. The highest BCUT2D eigenvalue weighted by molar-refractivity contribution is 9.10. The third-order valence-corrected chi connectivity index (χ3v) is 3.75. The van der Waals surface area contributed by atoms with Gasteiger partial charge in [-0.25, -0.2) is 9.78 Å². The van der Waals surface area contributed by atoms with Gasteiger partial charge < -0.3 is 5.11 Å². The summed E-state index contributed by atoms with van der Waals surface area (Å²) in [5, 5.41) is 8.90. The lowest BCUT2D eigenvalue weighted by Gasteiger charge is -1.94. The van der Waals surface area contributed by atoms with Gasteiger partial charge in [-0.1, -0.05) is 0 Å². The van der Waals surface area contributed by atoms with Crippen LogP contribution in [0.25, 0.3) is 16.0 Å². The molecule has 80 valence electrons. The van der Waals surface area contributed by atoms with E-state index >= 15 is 0 Å². The Hall–Kier alpha value is -1.40. The minimum atomic E-state index is -0.910. The molecule has 0 amide bonds. The highest BCUT2D eigenvalue weighted by atomic mass is 79.9. The quantitative estimate of drug-likeness (QED) is 0.751. The van der Waals surface area contributed by atoms with Crippen LogP contribution in [0, 0.1) is 0 Å². The van der Waals surface area contributed by atoms with Crippen LogP contribution < -0.4 is 0 Å². The lowest BCUT2D eigenvalue weighted by molar-refractivity contribution is 0.0702. The molecular weight excluding hydrogens is 292 g/mol. The van der Waals surface area contributed by atoms with E-state index in [-0.39, 0.29) is 0 Å². The topological polar surface area (TPSA) is 54.6 Å². The molecule has 0 aliphatic rings. The van der Waals surface area contributed by atoms with Gasteiger partial charge in [-0.05, 0) is 34.1 Å². The summed E-state index contributed by atoms with van der Waals surface area (Å²) in [5.41, 5.74) is 1.65. The van der Waals surface area contributed by atoms with Crippen molar-refractivity contribution in [2.75, 3.05) is 0 Å². The van der Waals surface area contributed by atoms with E-state index in [2.05, 4.69) is 20.9 Å². The molecule has 16 heavy (non-hydrogen) atoms. The predicted octanol–water partition coefficient (Wildman–Crippen LogP) is 3.01. The van der Waals surface area contributed by atoms with Crippen molar-refractivity contribution in [2.45, 2.75) is 0 Å². The largest absolute Gasteiger partial charge is 0.477 e. The van der Waals surface area contributed by atoms with Crippen LogP contribution in [0.4, 0.5) is 0 Å². The minimum absolute atomic E-state index is 0.312. The molecule has 1 N–H and O–H groups in total. The molecule has 0 atom stereocenters. The van der Waals surface area contributed by atoms with Gasteiger partial charge in [-0.15, -0.1) is 11.3 Å². The molecule has 0 saturated heterocycles. The normalized spacial score (nSPS) is 11.3. The molecule has 4 nitrogen and oxygen atoms in total. The number of carboxylic acid groups (broad SMARTS) is 1. The zero-order valence-electron chi connectivity index (χ0n) is 7.85. The minimum Gasteiger partial charge on any atom is -0.477 e. The first-order valence-electron chi connectivity index (χ1n) is 4.45. The highest BCUT2D eigenvalue weighted by Crippen LogP contribution is 2.27. The maximum absolute atomic E-state index is 10.8. The van der Waals surface area contributed by atoms with Crippen molar-refractivity contribution in [1.82, 2.24) is 9.38 Å². The standard InChI is InChI=1S/C10H5BrN2O2S/c11-5-1-2-8-12-9-6(13(8)4-5)3-7(16-9)10(14)15/h1-4H,(H,14,15). The van der Waals surface area contributed by atoms with Crippen molar-refractivity contribution in [2.24, 2.45) is 0 Å². The average molecular weight is 297 g/mol. The lowest BCUT2D eigenvalue weighted by Crippen LogP contribution is -1.90. The second-order valence-electron chi connectivity index (χ2n) is 3.29. The van der Waals surface area contributed by atoms with Crippen molar-refractivity contribution in [3.63, 3.8) is 0 Å². The summed E-state index contributed by atoms with van der Waals surface area (Å²) in [6.45, 7) is 0. The summed E-state index contributed by atoms with van der Waals surface area (Å²) in [7, 11) is 0. The third kappa shape index (κ3) is 1.34. The number of thiophene rings is 1. The fourth-order valence-corrected chi connectivity index (χ4v) is 2.79. The first kappa shape index (κ1) is 9.80. The second kappa shape index (κ2) is 3.29. The molecule has 6 heteroatoms. The third-order valence-electron chi connectivity index (χ3n) is 2.27. The fraction of sp³-hybridized carbons (Fsp3) is 0. The molecule has 0 aromatic carbocycles. The van der Waals surface area contributed by atoms with Gasteiger partial charge in [0.15, 0.2) is 0 Å². The molecule has 0 aliphatic carbocycles. The van der Waals surface area contributed by atoms with E-state index in [9.17, 15) is 4.79 Å². The SMILES string of the molecule is O=C(O)c1cc2c(nc3ccc(Br)cn32)s1. The van der Waals surface area contributed by atoms with E-state index in [1.54, 1.807) is 6.07 Å². The van der Waals surface area contributed by atoms with Crippen LogP contribution in [-0.4, -0.2) is 20.5 Å². The Bertz CT molecular complexity index is 716. The van der Waals surface area contributed by atoms with Gasteiger partial charge in [0, 0.05) is 10.7 Å². The van der Waals surface area contributed by atoms with Crippen molar-refractivity contribution < 1.29 is 9.90 Å². The van der Waals surface area contributed by atoms with Crippen LogP contribution in [0.15, 0.2) is 28.9 Å². The molecule has 3 aromatic rings. The molecule has 3 heterocycles. The van der Waals surface area contributed by atoms with Crippen molar-refractivity contribution in [1.29, 1.82) is 0 Å². The first-order chi connectivity index (χ1) is 7.65. The van der Waals surface area contributed by atoms with E-state index in [0.29, 0.717) is 4.88 Å². The van der Waals surface area contributed by atoms with Crippen molar-refractivity contribution >= 4 is 49.2 Å². The van der Waals surface area contributed by atoms with Crippen LogP contribution in [-0.2, 0) is 0 Å². The monoisotopic (exact) mass is 296 g/mol. The Morgan fingerprint density at radius 3 is 3.06 bits per heavy atom. The molecule has 0 bridgehead atoms. The van der Waals surface area contributed by atoms with Gasteiger partial charge in [0.25, 0.3) is 0 Å². The molecule has 0 fully saturated rings. The number of hydrogen-bond donors (Lipinski definition) is 1. The fourth-order valence-electron chi connectivity index (χ4n) is 1.58. The van der Waals surface area contributed by atoms with Crippen LogP contribution in [0.2, 0.25) is 0 Å². The van der Waals surface area contributed by atoms with Gasteiger partial charge in [0.1, 0.15) is 15.4 Å². The second-order valence-corrected chi connectivity index (χ2v) is 5.24. The lowest BCUT2D eigenvalue weighted by atomic mass is 10.4. The van der Waals surface area contributed by atoms with E-state index in [0.717, 1.165) is 20.5 Å². The number of aromatic nitrogens is 2. The number of nitrogens with zero attached hydrogens (tertiary/aromatic N) is 2. The van der Waals surface area contributed by atoms with Crippen LogP contribution in [0.1, 0.15) is 9.67 Å². The van der Waals surface area contributed by atoms with Gasteiger partial charge >= 0.3 is 5.97 Å². The number of aromatic carboxylic acids is 1. The van der Waals surface area contributed by atoms with Crippen molar-refractivity contribution in [3.8, 4) is 0 Å². The van der Waals surface area contributed by atoms with Crippen LogP contribution in [0.5, 0.6) is 0 Å². The van der Waals surface area contributed by atoms with E-state index in [1.807, 2.05) is 22.7 Å². The Morgan fingerprint density at radius 1 is 1.50 bits per heavy atom. The number of carbonyl (C=O) groups is 1. The number of imidazole rings is 1. The van der Waals surface area contributed by atoms with Crippen LogP contribution >= 0.6 is 27.3 Å². The number of rotatable bonds is 1. The zero-order chi connectivity index (χ0) is 11.3. The number of pyridine rings is 1. The van der Waals surface area contributed by atoms with Crippen molar-refractivity contribution in [3.05, 3.63) is 33.7 Å². The van der Waals surface area contributed by atoms with Gasteiger partial charge in [-0.3, -0.25) is 4.40 Å². The predicted molar refractivity (Wildman–Crippen MR) is 65.2 cm³/mol. The smallest absolute Gasteiger partial charge is 0.346 e. The Morgan fingerprint density at radius 2 is 2.31 bits per heavy atom. The molecule has 0 unspecified atom stereocenters. The maximum Gasteiger partial charge on any atom is 0.346 e. The van der Waals surface area contributed by atoms with Gasteiger partial charge in [0.2, 0.25) is 0 Å². The van der Waals surface area contributed by atoms with E-state index in [4.69, 9.17) is 5.11 Å². The zero-order valence-corrected chi connectivity index (χ0v) is 10.2. The molecular formula is C10H5BrN2O2S. The Labute approximate surface area is 102 Å². The summed E-state index contributed by atoms with van der Waals surface area (Å²) in [4.78, 5) is 16.3. The van der Waals surface area contributed by atoms with Crippen LogP contribution in [0.3, 0.4) is 0 Å². The number of hydrogen-bond acceptors (Lipinski definition) is 3. The summed E-state index contributed by atoms with van der Waals surface area (Å²) in [5.74, 6) is -0.910. The first-order valence-corrected chi connectivity index (χ1v) is 6.06. The molecule has 0 aliphatic heterocycles. The summed E-state index contributed by atoms with van der Waals surface area (Å²) < 4.78 is 2.81. The number of fused-ring (bicyclic) bond motifs is 3. The number of carboxylic acids is 1. The molecule has 3 aromatic heterocycles. The van der Waals surface area contributed by atoms with E-state index < -0.39 is 5.97 Å². The highest BCUT2D eigenvalue weighted by Gasteiger charge is 2.13. The summed E-state index contributed by atoms with van der Waals surface area (Å²) in [6, 6.07) is 5.44. The summed E-state index contributed by atoms with van der Waals surface area (Å²) >= 11 is 4.57. The average Bonchev–Trinajstić information content (AvgIpc) is 2.75. The molecule has 0 saturated carbocycles. The molecule has 0 radical (unpaired) electrons. The molecule has 0 spiro atoms. The Kier molecular flexibility index (Phi) is 2.02.